The van der Waals surface area contributed by atoms with Gasteiger partial charge < -0.3 is 15.4 Å². The maximum atomic E-state index is 11.3. The first-order valence-electron chi connectivity index (χ1n) is 5.20. The van der Waals surface area contributed by atoms with Crippen LogP contribution in [0.15, 0.2) is 0 Å². The second-order valence-electron chi connectivity index (χ2n) is 4.82. The Morgan fingerprint density at radius 3 is 2.67 bits per heavy atom. The van der Waals surface area contributed by atoms with E-state index in [1.54, 1.807) is 0 Å². The Balaban J connectivity index is 2.22. The van der Waals surface area contributed by atoms with E-state index in [4.69, 9.17) is 16.3 Å². The van der Waals surface area contributed by atoms with Crippen LogP contribution >= 0.6 is 11.6 Å². The van der Waals surface area contributed by atoms with Crippen molar-refractivity contribution in [1.82, 2.24) is 10.6 Å². The first-order valence-corrected chi connectivity index (χ1v) is 5.64. The van der Waals surface area contributed by atoms with Crippen LogP contribution < -0.4 is 10.6 Å². The monoisotopic (exact) mass is 234 g/mol. The molecular formula is C10H19ClN2O2. The minimum atomic E-state index is -0.446. The van der Waals surface area contributed by atoms with Gasteiger partial charge in [-0.25, -0.2) is 4.79 Å². The van der Waals surface area contributed by atoms with Crippen LogP contribution in [-0.2, 0) is 4.74 Å². The molecule has 2 unspecified atom stereocenters. The number of rotatable bonds is 2. The first-order chi connectivity index (χ1) is 6.88. The quantitative estimate of drug-likeness (QED) is 0.709. The number of carbonyl (C=O) groups excluding carboxylic acids is 1. The molecule has 0 radical (unpaired) electrons. The molecule has 2 N–H and O–H groups in total. The van der Waals surface area contributed by atoms with Crippen LogP contribution in [0.5, 0.6) is 0 Å². The number of carbonyl (C=O) groups is 1. The Kier molecular flexibility index (Phi) is 4.22. The predicted octanol–water partition coefficient (Wildman–Crippen LogP) is 1.34. The highest BCUT2D eigenvalue weighted by molar-refractivity contribution is 6.21. The highest BCUT2D eigenvalue weighted by atomic mass is 35.5. The maximum absolute atomic E-state index is 11.3. The van der Waals surface area contributed by atoms with Gasteiger partial charge in [0.25, 0.3) is 0 Å². The number of hydrogen-bond donors (Lipinski definition) is 2. The average Bonchev–Trinajstić information content (AvgIpc) is 2.44. The zero-order valence-corrected chi connectivity index (χ0v) is 10.2. The fourth-order valence-corrected chi connectivity index (χ4v) is 1.72. The number of alkyl halides is 1. The van der Waals surface area contributed by atoms with Crippen LogP contribution in [0.2, 0.25) is 0 Å². The Morgan fingerprint density at radius 2 is 2.20 bits per heavy atom. The molecule has 0 aliphatic carbocycles. The normalized spacial score (nSPS) is 26.4. The third kappa shape index (κ3) is 4.71. The zero-order valence-electron chi connectivity index (χ0n) is 9.47. The Hall–Kier alpha value is -0.480. The van der Waals surface area contributed by atoms with E-state index in [-0.39, 0.29) is 11.5 Å². The molecular weight excluding hydrogens is 216 g/mol. The molecule has 1 aliphatic rings. The molecule has 88 valence electrons. The highest BCUT2D eigenvalue weighted by Crippen LogP contribution is 2.14. The first kappa shape index (κ1) is 12.6. The van der Waals surface area contributed by atoms with E-state index in [0.29, 0.717) is 12.5 Å². The molecule has 5 heteroatoms. The average molecular weight is 235 g/mol. The molecule has 1 aliphatic heterocycles. The second kappa shape index (κ2) is 5.03. The van der Waals surface area contributed by atoms with Crippen molar-refractivity contribution in [3.63, 3.8) is 0 Å². The molecule has 15 heavy (non-hydrogen) atoms. The Labute approximate surface area is 95.7 Å². The van der Waals surface area contributed by atoms with Crippen molar-refractivity contribution in [1.29, 1.82) is 0 Å². The molecule has 1 saturated heterocycles. The lowest BCUT2D eigenvalue weighted by Gasteiger charge is -2.21. The van der Waals surface area contributed by atoms with Crippen molar-refractivity contribution < 1.29 is 9.53 Å². The van der Waals surface area contributed by atoms with E-state index in [1.165, 1.54) is 0 Å². The minimum Gasteiger partial charge on any atom is -0.444 e. The van der Waals surface area contributed by atoms with E-state index in [9.17, 15) is 4.79 Å². The lowest BCUT2D eigenvalue weighted by atomic mass is 10.1. The standard InChI is InChI=1S/C10H19ClN2O2/c1-10(2,3)15-9(14)13-5-7-4-12-6-8(7)11/h7-8,12H,4-6H2,1-3H3,(H,13,14). The summed E-state index contributed by atoms with van der Waals surface area (Å²) in [4.78, 5) is 11.3. The number of alkyl carbamates (subject to hydrolysis) is 1. The molecule has 0 bridgehead atoms. The van der Waals surface area contributed by atoms with Crippen LogP contribution in [0.25, 0.3) is 0 Å². The van der Waals surface area contributed by atoms with Gasteiger partial charge in [0.05, 0.1) is 5.38 Å². The van der Waals surface area contributed by atoms with Crippen molar-refractivity contribution in [3.05, 3.63) is 0 Å². The van der Waals surface area contributed by atoms with E-state index in [1.807, 2.05) is 20.8 Å². The molecule has 1 rings (SSSR count). The van der Waals surface area contributed by atoms with Gasteiger partial charge in [-0.05, 0) is 20.8 Å². The van der Waals surface area contributed by atoms with Gasteiger partial charge >= 0.3 is 6.09 Å². The molecule has 1 heterocycles. The Bertz CT molecular complexity index is 228. The van der Waals surface area contributed by atoms with Gasteiger partial charge in [0.15, 0.2) is 0 Å². The molecule has 0 spiro atoms. The summed E-state index contributed by atoms with van der Waals surface area (Å²) in [5.74, 6) is 0.291. The zero-order chi connectivity index (χ0) is 11.5. The van der Waals surface area contributed by atoms with Gasteiger partial charge in [0, 0.05) is 25.6 Å². The smallest absolute Gasteiger partial charge is 0.407 e. The van der Waals surface area contributed by atoms with Crippen molar-refractivity contribution in [2.24, 2.45) is 5.92 Å². The molecule has 0 aromatic heterocycles. The molecule has 0 aromatic carbocycles. The molecule has 1 amide bonds. The second-order valence-corrected chi connectivity index (χ2v) is 5.38. The van der Waals surface area contributed by atoms with Gasteiger partial charge in [-0.2, -0.15) is 0 Å². The minimum absolute atomic E-state index is 0.0972. The van der Waals surface area contributed by atoms with Crippen molar-refractivity contribution in [2.45, 2.75) is 31.7 Å². The van der Waals surface area contributed by atoms with E-state index in [0.717, 1.165) is 13.1 Å². The number of amides is 1. The topological polar surface area (TPSA) is 50.4 Å². The van der Waals surface area contributed by atoms with E-state index < -0.39 is 5.60 Å². The summed E-state index contributed by atoms with van der Waals surface area (Å²) in [5.41, 5.74) is -0.446. The summed E-state index contributed by atoms with van der Waals surface area (Å²) in [6.45, 7) is 7.75. The lowest BCUT2D eigenvalue weighted by molar-refractivity contribution is 0.0521. The molecule has 0 saturated carbocycles. The number of nitrogens with one attached hydrogen (secondary N) is 2. The number of halogens is 1. The summed E-state index contributed by atoms with van der Waals surface area (Å²) in [7, 11) is 0. The molecule has 2 atom stereocenters. The van der Waals surface area contributed by atoms with Crippen LogP contribution in [0.3, 0.4) is 0 Å². The summed E-state index contributed by atoms with van der Waals surface area (Å²) in [6.07, 6.45) is -0.377. The van der Waals surface area contributed by atoms with E-state index >= 15 is 0 Å². The van der Waals surface area contributed by atoms with Crippen LogP contribution in [0.1, 0.15) is 20.8 Å². The molecule has 4 nitrogen and oxygen atoms in total. The van der Waals surface area contributed by atoms with Crippen molar-refractivity contribution in [2.75, 3.05) is 19.6 Å². The van der Waals surface area contributed by atoms with Crippen molar-refractivity contribution in [3.8, 4) is 0 Å². The highest BCUT2D eigenvalue weighted by Gasteiger charge is 2.26. The lowest BCUT2D eigenvalue weighted by Crippen LogP contribution is -2.37. The number of hydrogen-bond acceptors (Lipinski definition) is 3. The summed E-state index contributed by atoms with van der Waals surface area (Å²) in [6, 6.07) is 0. The van der Waals surface area contributed by atoms with Gasteiger partial charge in [0.1, 0.15) is 5.60 Å². The predicted molar refractivity (Wildman–Crippen MR) is 60.2 cm³/mol. The van der Waals surface area contributed by atoms with Gasteiger partial charge in [-0.3, -0.25) is 0 Å². The van der Waals surface area contributed by atoms with Crippen LogP contribution in [0.4, 0.5) is 4.79 Å². The largest absolute Gasteiger partial charge is 0.444 e. The fraction of sp³-hybridized carbons (Fsp3) is 0.900. The summed E-state index contributed by atoms with van der Waals surface area (Å²) < 4.78 is 5.12. The van der Waals surface area contributed by atoms with Gasteiger partial charge in [-0.15, -0.1) is 11.6 Å². The molecule has 1 fully saturated rings. The van der Waals surface area contributed by atoms with Gasteiger partial charge in [-0.1, -0.05) is 0 Å². The third-order valence-corrected chi connectivity index (χ3v) is 2.68. The number of ether oxygens (including phenoxy) is 1. The SMILES string of the molecule is CC(C)(C)OC(=O)NCC1CNCC1Cl. The third-order valence-electron chi connectivity index (χ3n) is 2.16. The maximum Gasteiger partial charge on any atom is 0.407 e. The molecule has 0 aromatic rings. The summed E-state index contributed by atoms with van der Waals surface area (Å²) in [5, 5.41) is 5.99. The van der Waals surface area contributed by atoms with E-state index in [2.05, 4.69) is 10.6 Å². The summed E-state index contributed by atoms with van der Waals surface area (Å²) >= 11 is 6.04. The Morgan fingerprint density at radius 1 is 1.53 bits per heavy atom. The van der Waals surface area contributed by atoms with Crippen LogP contribution in [-0.4, -0.2) is 36.7 Å². The van der Waals surface area contributed by atoms with Gasteiger partial charge in [0.2, 0.25) is 0 Å². The van der Waals surface area contributed by atoms with Crippen LogP contribution in [0, 0.1) is 5.92 Å². The van der Waals surface area contributed by atoms with Crippen molar-refractivity contribution >= 4 is 17.7 Å². The fourth-order valence-electron chi connectivity index (χ4n) is 1.43.